The van der Waals surface area contributed by atoms with Gasteiger partial charge in [0.25, 0.3) is 0 Å². The molecule has 1 heterocycles. The van der Waals surface area contributed by atoms with Gasteiger partial charge in [0.2, 0.25) is 0 Å². The predicted octanol–water partition coefficient (Wildman–Crippen LogP) is 6.03. The molecule has 1 aromatic carbocycles. The minimum atomic E-state index is 0.529. The van der Waals surface area contributed by atoms with Crippen molar-refractivity contribution in [2.45, 2.75) is 66.2 Å². The third kappa shape index (κ3) is 7.25. The molecule has 2 N–H and O–H groups in total. The second-order valence-corrected chi connectivity index (χ2v) is 9.74. The first-order valence-electron chi connectivity index (χ1n) is 11.9. The molecule has 1 aliphatic heterocycles. The van der Waals surface area contributed by atoms with E-state index in [0.29, 0.717) is 5.92 Å². The smallest absolute Gasteiger partial charge is 0.0524 e. The third-order valence-corrected chi connectivity index (χ3v) is 6.93. The van der Waals surface area contributed by atoms with Crippen LogP contribution in [0.5, 0.6) is 0 Å². The van der Waals surface area contributed by atoms with Crippen LogP contribution in [-0.4, -0.2) is 36.5 Å². The van der Waals surface area contributed by atoms with Crippen molar-refractivity contribution in [2.75, 3.05) is 25.9 Å². The molecule has 1 atom stereocenters. The fourth-order valence-electron chi connectivity index (χ4n) is 4.28. The summed E-state index contributed by atoms with van der Waals surface area (Å²) in [5.41, 5.74) is 14.5. The summed E-state index contributed by atoms with van der Waals surface area (Å²) in [6.07, 6.45) is 6.49. The highest BCUT2D eigenvalue weighted by atomic mass is 32.1. The van der Waals surface area contributed by atoms with Crippen LogP contribution < -0.4 is 5.73 Å². The minimum absolute atomic E-state index is 0.529. The Bertz CT molecular complexity index is 807. The Morgan fingerprint density at radius 2 is 2.00 bits per heavy atom. The molecule has 172 valence electrons. The second-order valence-electron chi connectivity index (χ2n) is 9.38. The van der Waals surface area contributed by atoms with Gasteiger partial charge < -0.3 is 10.6 Å². The van der Waals surface area contributed by atoms with E-state index < -0.39 is 0 Å². The van der Waals surface area contributed by atoms with E-state index in [1.54, 1.807) is 0 Å². The van der Waals surface area contributed by atoms with E-state index >= 15 is 0 Å². The Morgan fingerprint density at radius 1 is 1.26 bits per heavy atom. The number of nitrogens with zero attached hydrogens (tertiary/aromatic N) is 2. The molecule has 0 amide bonds. The van der Waals surface area contributed by atoms with Gasteiger partial charge in [0, 0.05) is 37.0 Å². The summed E-state index contributed by atoms with van der Waals surface area (Å²) in [7, 11) is 2.14. The maximum Gasteiger partial charge on any atom is 0.0524 e. The Balaban J connectivity index is 2.07. The highest BCUT2D eigenvalue weighted by Gasteiger charge is 2.22. The fourth-order valence-corrected chi connectivity index (χ4v) is 4.58. The first kappa shape index (κ1) is 25.7. The van der Waals surface area contributed by atoms with Gasteiger partial charge in [0.1, 0.15) is 0 Å². The van der Waals surface area contributed by atoms with Crippen LogP contribution >= 0.6 is 12.6 Å². The van der Waals surface area contributed by atoms with Crippen molar-refractivity contribution >= 4 is 18.3 Å². The summed E-state index contributed by atoms with van der Waals surface area (Å²) in [5, 5.41) is 0. The fraction of sp³-hybridized carbons (Fsp3) is 0.593. The standard InChI is InChI=1S/C27H43N3S/c1-7-23-15-25(13-12-24(23)11-10-19(2)3)27-16-26(20(4)29-27)21(5)30(6)17-22(18-31)9-8-14-28/h12-13,15,19,22,31H,5,7-11,14,16-18,28H2,1-4,6H3. The van der Waals surface area contributed by atoms with Crippen LogP contribution in [0.3, 0.4) is 0 Å². The molecule has 0 fully saturated rings. The van der Waals surface area contributed by atoms with Crippen LogP contribution in [0.15, 0.2) is 46.7 Å². The lowest BCUT2D eigenvalue weighted by Crippen LogP contribution is -2.27. The summed E-state index contributed by atoms with van der Waals surface area (Å²) >= 11 is 4.54. The quantitative estimate of drug-likeness (QED) is 0.367. The van der Waals surface area contributed by atoms with Crippen LogP contribution in [0.4, 0.5) is 0 Å². The van der Waals surface area contributed by atoms with Crippen molar-refractivity contribution in [2.24, 2.45) is 22.6 Å². The van der Waals surface area contributed by atoms with Gasteiger partial charge in [0.15, 0.2) is 0 Å². The average Bonchev–Trinajstić information content (AvgIpc) is 3.15. The Kier molecular flexibility index (Phi) is 10.4. The molecule has 0 radical (unpaired) electrons. The number of benzene rings is 1. The van der Waals surface area contributed by atoms with E-state index in [1.807, 2.05) is 0 Å². The number of likely N-dealkylation sites (N-methyl/N-ethyl adjacent to an activating group) is 1. The number of hydrogen-bond acceptors (Lipinski definition) is 4. The lowest BCUT2D eigenvalue weighted by Gasteiger charge is -2.27. The number of aliphatic imine (C=N–C) groups is 1. The van der Waals surface area contributed by atoms with E-state index in [0.717, 1.165) is 68.3 Å². The molecule has 0 saturated carbocycles. The third-order valence-electron chi connectivity index (χ3n) is 6.41. The van der Waals surface area contributed by atoms with Crippen molar-refractivity contribution in [3.63, 3.8) is 0 Å². The summed E-state index contributed by atoms with van der Waals surface area (Å²) in [6.45, 7) is 15.1. The highest BCUT2D eigenvalue weighted by molar-refractivity contribution is 7.80. The maximum atomic E-state index is 5.69. The zero-order valence-electron chi connectivity index (χ0n) is 20.4. The Hall–Kier alpha value is -1.52. The van der Waals surface area contributed by atoms with Crippen molar-refractivity contribution in [3.8, 4) is 0 Å². The van der Waals surface area contributed by atoms with Gasteiger partial charge in [-0.1, -0.05) is 39.5 Å². The summed E-state index contributed by atoms with van der Waals surface area (Å²) < 4.78 is 0. The highest BCUT2D eigenvalue weighted by Crippen LogP contribution is 2.31. The molecule has 0 aliphatic carbocycles. The van der Waals surface area contributed by atoms with Crippen LogP contribution in [0.1, 0.15) is 70.1 Å². The zero-order valence-corrected chi connectivity index (χ0v) is 21.3. The number of nitrogens with two attached hydrogens (primary N) is 1. The van der Waals surface area contributed by atoms with Gasteiger partial charge in [-0.3, -0.25) is 4.99 Å². The first-order chi connectivity index (χ1) is 14.8. The van der Waals surface area contributed by atoms with E-state index in [2.05, 4.69) is 77.0 Å². The number of rotatable bonds is 13. The molecule has 1 unspecified atom stereocenters. The summed E-state index contributed by atoms with van der Waals surface area (Å²) in [6, 6.07) is 6.95. The summed E-state index contributed by atoms with van der Waals surface area (Å²) in [5.74, 6) is 2.14. The lowest BCUT2D eigenvalue weighted by atomic mass is 9.93. The van der Waals surface area contributed by atoms with Crippen LogP contribution in [0.2, 0.25) is 0 Å². The SMILES string of the molecule is C=C(C1=C(C)N=C(c2ccc(CCC(C)C)c(CC)c2)C1)N(C)CC(CS)CCCN. The van der Waals surface area contributed by atoms with Crippen LogP contribution in [0.25, 0.3) is 0 Å². The molecule has 31 heavy (non-hydrogen) atoms. The molecule has 0 saturated heterocycles. The van der Waals surface area contributed by atoms with Gasteiger partial charge in [-0.15, -0.1) is 0 Å². The topological polar surface area (TPSA) is 41.6 Å². The predicted molar refractivity (Wildman–Crippen MR) is 140 cm³/mol. The number of allylic oxidation sites excluding steroid dienone is 2. The number of aryl methyl sites for hydroxylation is 2. The van der Waals surface area contributed by atoms with Gasteiger partial charge in [-0.05, 0) is 85.9 Å². The molecule has 3 nitrogen and oxygen atoms in total. The Morgan fingerprint density at radius 3 is 2.61 bits per heavy atom. The lowest BCUT2D eigenvalue weighted by molar-refractivity contribution is 0.340. The van der Waals surface area contributed by atoms with Gasteiger partial charge in [-0.2, -0.15) is 12.6 Å². The minimum Gasteiger partial charge on any atom is -0.374 e. The second kappa shape index (κ2) is 12.5. The maximum absolute atomic E-state index is 5.69. The van der Waals surface area contributed by atoms with E-state index in [1.165, 1.54) is 34.4 Å². The molecule has 2 rings (SSSR count). The van der Waals surface area contributed by atoms with E-state index in [4.69, 9.17) is 10.7 Å². The molecule has 0 spiro atoms. The number of hydrogen-bond donors (Lipinski definition) is 2. The van der Waals surface area contributed by atoms with Crippen molar-refractivity contribution in [1.29, 1.82) is 0 Å². The van der Waals surface area contributed by atoms with Crippen molar-refractivity contribution < 1.29 is 0 Å². The van der Waals surface area contributed by atoms with Gasteiger partial charge in [0.05, 0.1) is 5.71 Å². The largest absolute Gasteiger partial charge is 0.374 e. The Labute approximate surface area is 196 Å². The number of thiol groups is 1. The molecule has 1 aromatic rings. The zero-order chi connectivity index (χ0) is 23.0. The molecular formula is C27H43N3S. The molecule has 0 aromatic heterocycles. The van der Waals surface area contributed by atoms with Crippen LogP contribution in [-0.2, 0) is 12.8 Å². The van der Waals surface area contributed by atoms with Gasteiger partial charge in [-0.25, -0.2) is 0 Å². The average molecular weight is 442 g/mol. The first-order valence-corrected chi connectivity index (χ1v) is 12.5. The summed E-state index contributed by atoms with van der Waals surface area (Å²) in [4.78, 5) is 7.23. The monoisotopic (exact) mass is 441 g/mol. The van der Waals surface area contributed by atoms with E-state index in [-0.39, 0.29) is 0 Å². The van der Waals surface area contributed by atoms with E-state index in [9.17, 15) is 0 Å². The molecule has 0 bridgehead atoms. The molecule has 1 aliphatic rings. The van der Waals surface area contributed by atoms with Gasteiger partial charge >= 0.3 is 0 Å². The normalized spacial score (nSPS) is 14.9. The van der Waals surface area contributed by atoms with Crippen molar-refractivity contribution in [3.05, 3.63) is 58.4 Å². The molecule has 4 heteroatoms. The van der Waals surface area contributed by atoms with Crippen molar-refractivity contribution in [1.82, 2.24) is 4.90 Å². The van der Waals surface area contributed by atoms with Crippen LogP contribution in [0, 0.1) is 11.8 Å². The molecular weight excluding hydrogens is 398 g/mol.